The van der Waals surface area contributed by atoms with Gasteiger partial charge in [0, 0.05) is 17.8 Å². The van der Waals surface area contributed by atoms with Crippen LogP contribution in [-0.2, 0) is 0 Å². The molecule has 0 saturated heterocycles. The van der Waals surface area contributed by atoms with Gasteiger partial charge < -0.3 is 15.7 Å². The number of carbonyl (C=O) groups excluding carboxylic acids is 1. The third-order valence-corrected chi connectivity index (χ3v) is 5.58. The fourth-order valence-corrected chi connectivity index (χ4v) is 3.56. The Balaban J connectivity index is 2.40. The number of urea groups is 1. The lowest BCUT2D eigenvalue weighted by Gasteiger charge is -2.32. The molecule has 3 N–H and O–H groups in total. The average Bonchev–Trinajstić information content (AvgIpc) is 2.39. The van der Waals surface area contributed by atoms with Crippen molar-refractivity contribution in [3.8, 4) is 0 Å². The zero-order valence-electron chi connectivity index (χ0n) is 13.2. The Morgan fingerprint density at radius 1 is 1.40 bits per heavy atom. The van der Waals surface area contributed by atoms with Gasteiger partial charge in [0.05, 0.1) is 5.60 Å². The molecule has 0 heterocycles. The van der Waals surface area contributed by atoms with Crippen molar-refractivity contribution in [1.82, 2.24) is 10.6 Å². The second kappa shape index (κ2) is 8.13. The van der Waals surface area contributed by atoms with E-state index in [1.54, 1.807) is 6.92 Å². The maximum Gasteiger partial charge on any atom is 0.315 e. The molecule has 0 spiro atoms. The van der Waals surface area contributed by atoms with Gasteiger partial charge in [0.1, 0.15) is 0 Å². The largest absolute Gasteiger partial charge is 0.388 e. The highest BCUT2D eigenvalue weighted by Gasteiger charge is 2.28. The summed E-state index contributed by atoms with van der Waals surface area (Å²) in [5.74, 6) is 1.20. The smallest absolute Gasteiger partial charge is 0.315 e. The molecule has 20 heavy (non-hydrogen) atoms. The molecule has 0 aliphatic heterocycles. The summed E-state index contributed by atoms with van der Waals surface area (Å²) in [7, 11) is 0. The summed E-state index contributed by atoms with van der Waals surface area (Å²) in [5.41, 5.74) is -0.860. The Morgan fingerprint density at radius 3 is 2.65 bits per heavy atom. The number of aliphatic hydroxyl groups is 1. The average molecular weight is 302 g/mol. The van der Waals surface area contributed by atoms with Crippen LogP contribution in [0.5, 0.6) is 0 Å². The maximum absolute atomic E-state index is 12.0. The predicted octanol–water partition coefficient (Wildman–Crippen LogP) is 2.76. The van der Waals surface area contributed by atoms with E-state index in [1.807, 2.05) is 25.6 Å². The molecule has 0 aromatic heterocycles. The van der Waals surface area contributed by atoms with Crippen molar-refractivity contribution in [2.45, 2.75) is 70.3 Å². The van der Waals surface area contributed by atoms with Crippen molar-refractivity contribution in [3.05, 3.63) is 0 Å². The summed E-state index contributed by atoms with van der Waals surface area (Å²) in [6, 6.07) is 0.109. The van der Waals surface area contributed by atoms with Gasteiger partial charge in [-0.2, -0.15) is 11.8 Å². The monoisotopic (exact) mass is 302 g/mol. The van der Waals surface area contributed by atoms with Crippen molar-refractivity contribution < 1.29 is 9.90 Å². The van der Waals surface area contributed by atoms with E-state index >= 15 is 0 Å². The lowest BCUT2D eigenvalue weighted by Crippen LogP contribution is -2.52. The highest BCUT2D eigenvalue weighted by molar-refractivity contribution is 7.99. The fraction of sp³-hybridized carbons (Fsp3) is 0.933. The first kappa shape index (κ1) is 17.6. The van der Waals surface area contributed by atoms with Crippen LogP contribution in [-0.4, -0.2) is 40.3 Å². The second-order valence-electron chi connectivity index (χ2n) is 6.22. The van der Waals surface area contributed by atoms with Gasteiger partial charge in [0.25, 0.3) is 0 Å². The third-order valence-electron chi connectivity index (χ3n) is 4.25. The minimum atomic E-state index is -0.860. The summed E-state index contributed by atoms with van der Waals surface area (Å²) in [6.07, 6.45) is 4.70. The van der Waals surface area contributed by atoms with Gasteiger partial charge in [-0.15, -0.1) is 0 Å². The normalized spacial score (nSPS) is 26.1. The quantitative estimate of drug-likeness (QED) is 0.707. The minimum Gasteiger partial charge on any atom is -0.388 e. The Kier molecular flexibility index (Phi) is 7.17. The molecule has 1 aliphatic carbocycles. The first-order valence-corrected chi connectivity index (χ1v) is 8.80. The van der Waals surface area contributed by atoms with Gasteiger partial charge in [-0.25, -0.2) is 4.79 Å². The lowest BCUT2D eigenvalue weighted by atomic mass is 9.92. The molecule has 0 aromatic carbocycles. The zero-order valence-corrected chi connectivity index (χ0v) is 14.1. The number of carbonyl (C=O) groups is 1. The molecule has 1 saturated carbocycles. The Hall–Kier alpha value is -0.420. The summed E-state index contributed by atoms with van der Waals surface area (Å²) in [5, 5.41) is 16.6. The standard InChI is InChI=1S/C15H30N2O2S/c1-5-20-13-9-7-6-8-12(13)17-14(18)16-10-15(4,19)11(2)3/h11-13,19H,5-10H2,1-4H3,(H2,16,17,18). The van der Waals surface area contributed by atoms with Crippen LogP contribution in [0, 0.1) is 5.92 Å². The molecule has 0 bridgehead atoms. The maximum atomic E-state index is 12.0. The number of nitrogens with one attached hydrogen (secondary N) is 2. The molecular weight excluding hydrogens is 272 g/mol. The summed E-state index contributed by atoms with van der Waals surface area (Å²) < 4.78 is 0. The van der Waals surface area contributed by atoms with Crippen LogP contribution in [0.4, 0.5) is 4.79 Å². The van der Waals surface area contributed by atoms with Crippen LogP contribution < -0.4 is 10.6 Å². The Bertz CT molecular complexity index is 306. The number of amides is 2. The van der Waals surface area contributed by atoms with Crippen LogP contribution in [0.15, 0.2) is 0 Å². The van der Waals surface area contributed by atoms with E-state index in [2.05, 4.69) is 17.6 Å². The SMILES string of the molecule is CCSC1CCCCC1NC(=O)NCC(C)(O)C(C)C. The van der Waals surface area contributed by atoms with E-state index in [1.165, 1.54) is 19.3 Å². The summed E-state index contributed by atoms with van der Waals surface area (Å²) in [6.45, 7) is 8.11. The van der Waals surface area contributed by atoms with Crippen LogP contribution in [0.2, 0.25) is 0 Å². The van der Waals surface area contributed by atoms with E-state index in [-0.39, 0.29) is 24.5 Å². The number of hydrogen-bond acceptors (Lipinski definition) is 3. The third kappa shape index (κ3) is 5.52. The van der Waals surface area contributed by atoms with Gasteiger partial charge in [0.15, 0.2) is 0 Å². The van der Waals surface area contributed by atoms with Gasteiger partial charge >= 0.3 is 6.03 Å². The van der Waals surface area contributed by atoms with Crippen LogP contribution in [0.3, 0.4) is 0 Å². The van der Waals surface area contributed by atoms with Crippen LogP contribution in [0.25, 0.3) is 0 Å². The van der Waals surface area contributed by atoms with E-state index in [9.17, 15) is 9.90 Å². The van der Waals surface area contributed by atoms with Crippen molar-refractivity contribution in [1.29, 1.82) is 0 Å². The summed E-state index contributed by atoms with van der Waals surface area (Å²) >= 11 is 1.94. The van der Waals surface area contributed by atoms with Gasteiger partial charge in [-0.3, -0.25) is 0 Å². The number of hydrogen-bond donors (Lipinski definition) is 3. The topological polar surface area (TPSA) is 61.4 Å². The molecule has 4 nitrogen and oxygen atoms in total. The molecule has 3 atom stereocenters. The van der Waals surface area contributed by atoms with Crippen LogP contribution in [0.1, 0.15) is 53.4 Å². The van der Waals surface area contributed by atoms with Gasteiger partial charge in [-0.05, 0) is 31.4 Å². The molecule has 118 valence electrons. The van der Waals surface area contributed by atoms with Crippen molar-refractivity contribution in [2.24, 2.45) is 5.92 Å². The molecule has 1 aliphatic rings. The molecule has 0 aromatic rings. The lowest BCUT2D eigenvalue weighted by molar-refractivity contribution is 0.0165. The van der Waals surface area contributed by atoms with Crippen LogP contribution >= 0.6 is 11.8 Å². The van der Waals surface area contributed by atoms with Gasteiger partial charge in [-0.1, -0.05) is 33.6 Å². The molecular formula is C15H30N2O2S. The van der Waals surface area contributed by atoms with Crippen molar-refractivity contribution >= 4 is 17.8 Å². The highest BCUT2D eigenvalue weighted by Crippen LogP contribution is 2.28. The first-order valence-electron chi connectivity index (χ1n) is 7.75. The van der Waals surface area contributed by atoms with E-state index < -0.39 is 5.60 Å². The molecule has 1 rings (SSSR count). The molecule has 5 heteroatoms. The molecule has 3 unspecified atom stereocenters. The van der Waals surface area contributed by atoms with Crippen molar-refractivity contribution in [3.63, 3.8) is 0 Å². The number of thioether (sulfide) groups is 1. The first-order chi connectivity index (χ1) is 9.36. The van der Waals surface area contributed by atoms with E-state index in [0.717, 1.165) is 12.2 Å². The Morgan fingerprint density at radius 2 is 2.05 bits per heavy atom. The minimum absolute atomic E-state index is 0.112. The highest BCUT2D eigenvalue weighted by atomic mass is 32.2. The van der Waals surface area contributed by atoms with Crippen molar-refractivity contribution in [2.75, 3.05) is 12.3 Å². The molecule has 2 amide bonds. The Labute approximate surface area is 127 Å². The molecule has 1 fully saturated rings. The number of rotatable bonds is 6. The molecule has 0 radical (unpaired) electrons. The second-order valence-corrected chi connectivity index (χ2v) is 7.74. The van der Waals surface area contributed by atoms with E-state index in [0.29, 0.717) is 5.25 Å². The fourth-order valence-electron chi connectivity index (χ4n) is 2.36. The van der Waals surface area contributed by atoms with Gasteiger partial charge in [0.2, 0.25) is 0 Å². The zero-order chi connectivity index (χ0) is 15.2. The summed E-state index contributed by atoms with van der Waals surface area (Å²) in [4.78, 5) is 12.0. The van der Waals surface area contributed by atoms with E-state index in [4.69, 9.17) is 0 Å². The predicted molar refractivity (Wildman–Crippen MR) is 86.2 cm³/mol.